The molecule has 2 aromatic rings. The SMILES string of the molecule is O=C1S/C(=C\c2ccco2)C(=O)N1Cc1ccc(Cl)cc1Cl. The molecule has 0 radical (unpaired) electrons. The fraction of sp³-hybridized carbons (Fsp3) is 0.0667. The molecule has 0 spiro atoms. The highest BCUT2D eigenvalue weighted by molar-refractivity contribution is 8.18. The molecule has 0 N–H and O–H groups in total. The van der Waals surface area contributed by atoms with E-state index in [1.54, 1.807) is 36.4 Å². The van der Waals surface area contributed by atoms with Gasteiger partial charge in [-0.25, -0.2) is 0 Å². The number of hydrogen-bond donors (Lipinski definition) is 0. The van der Waals surface area contributed by atoms with E-state index in [1.165, 1.54) is 6.26 Å². The van der Waals surface area contributed by atoms with Gasteiger partial charge < -0.3 is 4.42 Å². The number of carbonyl (C=O) groups excluding carboxylic acids is 2. The quantitative estimate of drug-likeness (QED) is 0.742. The average molecular weight is 354 g/mol. The van der Waals surface area contributed by atoms with Gasteiger partial charge in [0.05, 0.1) is 17.7 Å². The molecule has 2 amide bonds. The van der Waals surface area contributed by atoms with Crippen LogP contribution in [-0.4, -0.2) is 16.0 Å². The standard InChI is InChI=1S/C15H9Cl2NO3S/c16-10-4-3-9(12(17)6-10)8-18-14(19)13(22-15(18)20)7-11-2-1-5-21-11/h1-7H,8H2/b13-7-. The van der Waals surface area contributed by atoms with Crippen molar-refractivity contribution in [2.75, 3.05) is 0 Å². The highest BCUT2D eigenvalue weighted by Gasteiger charge is 2.35. The van der Waals surface area contributed by atoms with E-state index >= 15 is 0 Å². The van der Waals surface area contributed by atoms with Gasteiger partial charge in [0.2, 0.25) is 0 Å². The minimum Gasteiger partial charge on any atom is -0.465 e. The lowest BCUT2D eigenvalue weighted by Gasteiger charge is -2.13. The summed E-state index contributed by atoms with van der Waals surface area (Å²) < 4.78 is 5.16. The number of rotatable bonds is 3. The minimum atomic E-state index is -0.364. The molecule has 22 heavy (non-hydrogen) atoms. The molecule has 1 aliphatic heterocycles. The second-order valence-electron chi connectivity index (χ2n) is 4.52. The predicted molar refractivity (Wildman–Crippen MR) is 86.7 cm³/mol. The Morgan fingerprint density at radius 1 is 1.23 bits per heavy atom. The highest BCUT2D eigenvalue weighted by Crippen LogP contribution is 2.34. The van der Waals surface area contributed by atoms with Crippen molar-refractivity contribution in [3.63, 3.8) is 0 Å². The van der Waals surface area contributed by atoms with Crippen LogP contribution in [0.1, 0.15) is 11.3 Å². The molecule has 112 valence electrons. The summed E-state index contributed by atoms with van der Waals surface area (Å²) in [6, 6.07) is 8.37. The van der Waals surface area contributed by atoms with Gasteiger partial charge >= 0.3 is 0 Å². The Balaban J connectivity index is 1.83. The van der Waals surface area contributed by atoms with Gasteiger partial charge in [0.15, 0.2) is 0 Å². The van der Waals surface area contributed by atoms with Crippen LogP contribution in [0.25, 0.3) is 6.08 Å². The summed E-state index contributed by atoms with van der Waals surface area (Å²) >= 11 is 12.8. The third kappa shape index (κ3) is 3.06. The van der Waals surface area contributed by atoms with Crippen molar-refractivity contribution < 1.29 is 14.0 Å². The van der Waals surface area contributed by atoms with Gasteiger partial charge in [-0.2, -0.15) is 0 Å². The second-order valence-corrected chi connectivity index (χ2v) is 6.36. The molecule has 1 fully saturated rings. The van der Waals surface area contributed by atoms with Gasteiger partial charge in [-0.15, -0.1) is 0 Å². The maximum Gasteiger partial charge on any atom is 0.293 e. The predicted octanol–water partition coefficient (Wildman–Crippen LogP) is 4.82. The zero-order valence-corrected chi connectivity index (χ0v) is 13.4. The molecular weight excluding hydrogens is 345 g/mol. The van der Waals surface area contributed by atoms with Crippen molar-refractivity contribution in [1.82, 2.24) is 4.90 Å². The summed E-state index contributed by atoms with van der Waals surface area (Å²) in [5, 5.41) is 0.580. The first kappa shape index (κ1) is 15.2. The van der Waals surface area contributed by atoms with E-state index in [0.29, 0.717) is 26.3 Å². The fourth-order valence-electron chi connectivity index (χ4n) is 1.96. The lowest BCUT2D eigenvalue weighted by atomic mass is 10.2. The Hall–Kier alpha value is -1.69. The summed E-state index contributed by atoms with van der Waals surface area (Å²) in [5.41, 5.74) is 0.660. The van der Waals surface area contributed by atoms with Crippen LogP contribution in [0.2, 0.25) is 10.0 Å². The summed E-state index contributed by atoms with van der Waals surface area (Å²) in [7, 11) is 0. The van der Waals surface area contributed by atoms with Crippen molar-refractivity contribution >= 4 is 52.2 Å². The smallest absolute Gasteiger partial charge is 0.293 e. The molecule has 7 heteroatoms. The number of halogens is 2. The van der Waals surface area contributed by atoms with Crippen LogP contribution in [0.5, 0.6) is 0 Å². The van der Waals surface area contributed by atoms with Crippen molar-refractivity contribution in [1.29, 1.82) is 0 Å². The topological polar surface area (TPSA) is 50.5 Å². The molecule has 0 unspecified atom stereocenters. The summed E-state index contributed by atoms with van der Waals surface area (Å²) in [4.78, 5) is 25.8. The summed E-state index contributed by atoms with van der Waals surface area (Å²) in [6.07, 6.45) is 3.05. The Morgan fingerprint density at radius 2 is 2.05 bits per heavy atom. The second kappa shape index (κ2) is 6.20. The summed E-state index contributed by atoms with van der Waals surface area (Å²) in [5.74, 6) is 0.160. The van der Waals surface area contributed by atoms with Gasteiger partial charge in [-0.1, -0.05) is 29.3 Å². The third-order valence-electron chi connectivity index (χ3n) is 3.03. The van der Waals surface area contributed by atoms with Crippen LogP contribution in [0.15, 0.2) is 45.9 Å². The van der Waals surface area contributed by atoms with Crippen LogP contribution in [0, 0.1) is 0 Å². The number of furan rings is 1. The first-order valence-electron chi connectivity index (χ1n) is 6.27. The number of imide groups is 1. The van der Waals surface area contributed by atoms with Gasteiger partial charge in [0.25, 0.3) is 11.1 Å². The normalized spacial score (nSPS) is 16.8. The van der Waals surface area contributed by atoms with Gasteiger partial charge in [0, 0.05) is 16.1 Å². The van der Waals surface area contributed by atoms with Crippen molar-refractivity contribution in [2.45, 2.75) is 6.54 Å². The highest BCUT2D eigenvalue weighted by atomic mass is 35.5. The lowest BCUT2D eigenvalue weighted by molar-refractivity contribution is -0.123. The molecule has 1 aliphatic rings. The number of amides is 2. The third-order valence-corrected chi connectivity index (χ3v) is 4.53. The largest absolute Gasteiger partial charge is 0.465 e. The average Bonchev–Trinajstić information content (AvgIpc) is 3.06. The molecule has 0 saturated carbocycles. The van der Waals surface area contributed by atoms with E-state index in [9.17, 15) is 9.59 Å². The molecule has 0 atom stereocenters. The number of nitrogens with zero attached hydrogens (tertiary/aromatic N) is 1. The minimum absolute atomic E-state index is 0.107. The molecule has 2 heterocycles. The zero-order chi connectivity index (χ0) is 15.7. The molecule has 4 nitrogen and oxygen atoms in total. The summed E-state index contributed by atoms with van der Waals surface area (Å²) in [6.45, 7) is 0.107. The van der Waals surface area contributed by atoms with Crippen molar-refractivity contribution in [3.8, 4) is 0 Å². The Kier molecular flexibility index (Phi) is 4.29. The molecule has 3 rings (SSSR count). The molecule has 0 bridgehead atoms. The van der Waals surface area contributed by atoms with E-state index in [1.807, 2.05) is 0 Å². The lowest BCUT2D eigenvalue weighted by Crippen LogP contribution is -2.27. The van der Waals surface area contributed by atoms with Crippen molar-refractivity contribution in [3.05, 3.63) is 62.9 Å². The molecule has 1 aromatic carbocycles. The van der Waals surface area contributed by atoms with E-state index in [-0.39, 0.29) is 17.7 Å². The number of hydrogen-bond acceptors (Lipinski definition) is 4. The van der Waals surface area contributed by atoms with E-state index in [4.69, 9.17) is 27.6 Å². The first-order chi connectivity index (χ1) is 10.5. The van der Waals surface area contributed by atoms with E-state index in [0.717, 1.165) is 16.7 Å². The molecular formula is C15H9Cl2NO3S. The van der Waals surface area contributed by atoms with Gasteiger partial charge in [0.1, 0.15) is 5.76 Å². The number of thioether (sulfide) groups is 1. The van der Waals surface area contributed by atoms with E-state index < -0.39 is 0 Å². The van der Waals surface area contributed by atoms with Crippen LogP contribution in [-0.2, 0) is 11.3 Å². The van der Waals surface area contributed by atoms with Crippen LogP contribution >= 0.6 is 35.0 Å². The Morgan fingerprint density at radius 3 is 2.73 bits per heavy atom. The van der Waals surface area contributed by atoms with E-state index in [2.05, 4.69) is 0 Å². The fourth-order valence-corrected chi connectivity index (χ4v) is 3.25. The number of carbonyl (C=O) groups is 2. The first-order valence-corrected chi connectivity index (χ1v) is 7.84. The van der Waals surface area contributed by atoms with Crippen LogP contribution in [0.3, 0.4) is 0 Å². The van der Waals surface area contributed by atoms with Gasteiger partial charge in [-0.05, 0) is 41.6 Å². The maximum absolute atomic E-state index is 12.3. The van der Waals surface area contributed by atoms with Crippen LogP contribution < -0.4 is 0 Å². The maximum atomic E-state index is 12.3. The zero-order valence-electron chi connectivity index (χ0n) is 11.1. The van der Waals surface area contributed by atoms with Gasteiger partial charge in [-0.3, -0.25) is 14.5 Å². The monoisotopic (exact) mass is 353 g/mol. The molecule has 1 saturated heterocycles. The Labute approximate surface area is 140 Å². The van der Waals surface area contributed by atoms with Crippen molar-refractivity contribution in [2.24, 2.45) is 0 Å². The Bertz CT molecular complexity index is 771. The molecule has 0 aliphatic carbocycles. The molecule has 1 aromatic heterocycles. The van der Waals surface area contributed by atoms with Crippen LogP contribution in [0.4, 0.5) is 4.79 Å². The number of benzene rings is 1.